The van der Waals surface area contributed by atoms with Crippen molar-refractivity contribution in [3.63, 3.8) is 0 Å². The standard InChI is InChI=1S/C21H22N4O4S2/c1-13-5-6-15(12-17(13)31(28,29)22-10-9-16-4-3-11-30-16)20-14(2)24-25-19(27)8-7-18(26)23-21(20)25/h3-6,11-12,22H,7-10H2,1-2H3,(H,23,26). The highest BCUT2D eigenvalue weighted by molar-refractivity contribution is 7.89. The molecular weight excluding hydrogens is 436 g/mol. The molecule has 0 bridgehead atoms. The fraction of sp³-hybridized carbons (Fsp3) is 0.286. The van der Waals surface area contributed by atoms with Crippen molar-refractivity contribution in [2.45, 2.75) is 38.0 Å². The van der Waals surface area contributed by atoms with Gasteiger partial charge in [-0.05, 0) is 48.9 Å². The molecule has 162 valence electrons. The molecule has 0 radical (unpaired) electrons. The van der Waals surface area contributed by atoms with E-state index in [4.69, 9.17) is 0 Å². The molecule has 1 aromatic carbocycles. The first-order chi connectivity index (χ1) is 14.8. The van der Waals surface area contributed by atoms with Crippen LogP contribution in [0.25, 0.3) is 11.1 Å². The third-order valence-corrected chi connectivity index (χ3v) is 7.67. The lowest BCUT2D eigenvalue weighted by atomic mass is 10.0. The number of aromatic nitrogens is 2. The molecule has 10 heteroatoms. The Hall–Kier alpha value is -2.82. The predicted octanol–water partition coefficient (Wildman–Crippen LogP) is 3.12. The number of aryl methyl sites for hydroxylation is 2. The number of sulfonamides is 1. The number of amides is 1. The molecule has 2 aromatic heterocycles. The first-order valence-corrected chi connectivity index (χ1v) is 12.2. The predicted molar refractivity (Wildman–Crippen MR) is 119 cm³/mol. The van der Waals surface area contributed by atoms with Crippen molar-refractivity contribution in [2.24, 2.45) is 0 Å². The van der Waals surface area contributed by atoms with Gasteiger partial charge in [-0.25, -0.2) is 13.1 Å². The molecule has 3 aromatic rings. The molecule has 0 unspecified atom stereocenters. The van der Waals surface area contributed by atoms with Crippen molar-refractivity contribution in [1.82, 2.24) is 14.5 Å². The highest BCUT2D eigenvalue weighted by Gasteiger charge is 2.27. The minimum Gasteiger partial charge on any atom is -0.310 e. The van der Waals surface area contributed by atoms with Crippen LogP contribution in [0.15, 0.2) is 40.6 Å². The number of carbonyl (C=O) groups is 2. The largest absolute Gasteiger partial charge is 0.310 e. The first-order valence-electron chi connectivity index (χ1n) is 9.82. The third kappa shape index (κ3) is 4.32. The molecule has 0 atom stereocenters. The number of nitrogens with one attached hydrogen (secondary N) is 2. The highest BCUT2D eigenvalue weighted by Crippen LogP contribution is 2.35. The Morgan fingerprint density at radius 3 is 2.74 bits per heavy atom. The first kappa shape index (κ1) is 21.4. The van der Waals surface area contributed by atoms with E-state index in [1.165, 1.54) is 4.68 Å². The summed E-state index contributed by atoms with van der Waals surface area (Å²) < 4.78 is 29.8. The van der Waals surface area contributed by atoms with Gasteiger partial charge in [0.05, 0.1) is 10.6 Å². The summed E-state index contributed by atoms with van der Waals surface area (Å²) in [6.07, 6.45) is 0.767. The molecule has 0 fully saturated rings. The maximum atomic E-state index is 13.0. The van der Waals surface area contributed by atoms with E-state index in [0.717, 1.165) is 4.88 Å². The Morgan fingerprint density at radius 2 is 2.00 bits per heavy atom. The molecule has 8 nitrogen and oxygen atoms in total. The second-order valence-electron chi connectivity index (χ2n) is 7.37. The van der Waals surface area contributed by atoms with E-state index < -0.39 is 10.0 Å². The zero-order chi connectivity index (χ0) is 22.2. The van der Waals surface area contributed by atoms with E-state index in [2.05, 4.69) is 15.1 Å². The Balaban J connectivity index is 1.69. The van der Waals surface area contributed by atoms with Gasteiger partial charge in [0.25, 0.3) is 0 Å². The fourth-order valence-electron chi connectivity index (χ4n) is 3.58. The van der Waals surface area contributed by atoms with Crippen LogP contribution in [0.4, 0.5) is 5.82 Å². The number of carbonyl (C=O) groups excluding carboxylic acids is 2. The minimum absolute atomic E-state index is 0.0705. The number of hydrogen-bond donors (Lipinski definition) is 2. The van der Waals surface area contributed by atoms with Crippen LogP contribution in [0.3, 0.4) is 0 Å². The van der Waals surface area contributed by atoms with Crippen LogP contribution in [0.2, 0.25) is 0 Å². The number of hydrogen-bond acceptors (Lipinski definition) is 6. The van der Waals surface area contributed by atoms with E-state index in [1.807, 2.05) is 17.5 Å². The van der Waals surface area contributed by atoms with Crippen LogP contribution in [0.1, 0.15) is 33.8 Å². The SMILES string of the molecule is Cc1ccc(-c2c(C)nn3c2NC(=O)CCC3=O)cc1S(=O)(=O)NCCc1cccs1. The molecule has 0 saturated heterocycles. The fourth-order valence-corrected chi connectivity index (χ4v) is 5.59. The molecule has 4 rings (SSSR count). The number of rotatable bonds is 6. The molecule has 2 N–H and O–H groups in total. The Kier molecular flexibility index (Phi) is 5.78. The van der Waals surface area contributed by atoms with Gasteiger partial charge in [0.1, 0.15) is 5.82 Å². The number of anilines is 1. The number of benzene rings is 1. The molecule has 1 aliphatic rings. The lowest BCUT2D eigenvalue weighted by Gasteiger charge is -2.12. The van der Waals surface area contributed by atoms with Crippen molar-refractivity contribution in [1.29, 1.82) is 0 Å². The summed E-state index contributed by atoms with van der Waals surface area (Å²) in [5.41, 5.74) is 2.24. The van der Waals surface area contributed by atoms with Gasteiger partial charge >= 0.3 is 0 Å². The summed E-state index contributed by atoms with van der Waals surface area (Å²) in [7, 11) is -3.75. The zero-order valence-electron chi connectivity index (χ0n) is 17.1. The van der Waals surface area contributed by atoms with Crippen LogP contribution in [-0.2, 0) is 21.2 Å². The van der Waals surface area contributed by atoms with Gasteiger partial charge in [-0.1, -0.05) is 18.2 Å². The van der Waals surface area contributed by atoms with Gasteiger partial charge in [0.2, 0.25) is 21.8 Å². The molecular formula is C21H22N4O4S2. The molecule has 3 heterocycles. The lowest BCUT2D eigenvalue weighted by Crippen LogP contribution is -2.26. The van der Waals surface area contributed by atoms with E-state index in [-0.39, 0.29) is 35.4 Å². The summed E-state index contributed by atoms with van der Waals surface area (Å²) in [6, 6.07) is 8.95. The highest BCUT2D eigenvalue weighted by atomic mass is 32.2. The third-order valence-electron chi connectivity index (χ3n) is 5.13. The maximum Gasteiger partial charge on any atom is 0.249 e. The second-order valence-corrected chi connectivity index (χ2v) is 10.1. The maximum absolute atomic E-state index is 13.0. The van der Waals surface area contributed by atoms with Crippen LogP contribution in [0.5, 0.6) is 0 Å². The summed E-state index contributed by atoms with van der Waals surface area (Å²) in [6.45, 7) is 3.75. The van der Waals surface area contributed by atoms with E-state index in [0.29, 0.717) is 35.3 Å². The Bertz CT molecular complexity index is 1260. The van der Waals surface area contributed by atoms with Crippen molar-refractivity contribution < 1.29 is 18.0 Å². The average molecular weight is 459 g/mol. The number of fused-ring (bicyclic) bond motifs is 1. The quantitative estimate of drug-likeness (QED) is 0.590. The van der Waals surface area contributed by atoms with Crippen LogP contribution < -0.4 is 10.0 Å². The topological polar surface area (TPSA) is 110 Å². The van der Waals surface area contributed by atoms with Gasteiger partial charge in [-0.2, -0.15) is 9.78 Å². The van der Waals surface area contributed by atoms with E-state index in [1.54, 1.807) is 43.4 Å². The summed E-state index contributed by atoms with van der Waals surface area (Å²) >= 11 is 1.58. The van der Waals surface area contributed by atoms with Gasteiger partial charge in [0, 0.05) is 29.8 Å². The van der Waals surface area contributed by atoms with Crippen LogP contribution in [0, 0.1) is 13.8 Å². The van der Waals surface area contributed by atoms with Crippen LogP contribution >= 0.6 is 11.3 Å². The smallest absolute Gasteiger partial charge is 0.249 e. The molecule has 31 heavy (non-hydrogen) atoms. The molecule has 0 aliphatic carbocycles. The summed E-state index contributed by atoms with van der Waals surface area (Å²) in [5.74, 6) is -0.274. The van der Waals surface area contributed by atoms with E-state index in [9.17, 15) is 18.0 Å². The van der Waals surface area contributed by atoms with Gasteiger partial charge in [-0.15, -0.1) is 11.3 Å². The lowest BCUT2D eigenvalue weighted by molar-refractivity contribution is -0.116. The normalized spacial score (nSPS) is 14.3. The molecule has 1 amide bonds. The van der Waals surface area contributed by atoms with Crippen molar-refractivity contribution >= 4 is 39.0 Å². The van der Waals surface area contributed by atoms with Crippen LogP contribution in [-0.4, -0.2) is 36.6 Å². The van der Waals surface area contributed by atoms with E-state index >= 15 is 0 Å². The summed E-state index contributed by atoms with van der Waals surface area (Å²) in [4.78, 5) is 25.7. The number of thiophene rings is 1. The van der Waals surface area contributed by atoms with Gasteiger partial charge in [0.15, 0.2) is 0 Å². The van der Waals surface area contributed by atoms with Crippen molar-refractivity contribution in [3.8, 4) is 11.1 Å². The van der Waals surface area contributed by atoms with Crippen molar-refractivity contribution in [2.75, 3.05) is 11.9 Å². The minimum atomic E-state index is -3.75. The molecule has 0 spiro atoms. The van der Waals surface area contributed by atoms with Gasteiger partial charge in [-0.3, -0.25) is 9.59 Å². The monoisotopic (exact) mass is 458 g/mol. The molecule has 0 saturated carbocycles. The van der Waals surface area contributed by atoms with Crippen molar-refractivity contribution in [3.05, 3.63) is 51.8 Å². The molecule has 1 aliphatic heterocycles. The average Bonchev–Trinajstić information content (AvgIpc) is 3.31. The summed E-state index contributed by atoms with van der Waals surface area (Å²) in [5, 5.41) is 8.98. The Morgan fingerprint density at radius 1 is 1.19 bits per heavy atom. The second kappa shape index (κ2) is 8.37. The zero-order valence-corrected chi connectivity index (χ0v) is 18.8. The number of nitrogens with zero attached hydrogens (tertiary/aromatic N) is 2. The van der Waals surface area contributed by atoms with Gasteiger partial charge < -0.3 is 5.32 Å². The Labute approximate surface area is 184 Å².